The van der Waals surface area contributed by atoms with Crippen LogP contribution in [0.3, 0.4) is 0 Å². The van der Waals surface area contributed by atoms with Crippen LogP contribution in [0.1, 0.15) is 13.3 Å². The van der Waals surface area contributed by atoms with Crippen molar-refractivity contribution in [2.75, 3.05) is 7.11 Å². The minimum atomic E-state index is 0.237. The van der Waals surface area contributed by atoms with Crippen molar-refractivity contribution in [1.82, 2.24) is 0 Å². The molecule has 1 aliphatic rings. The van der Waals surface area contributed by atoms with Gasteiger partial charge in [-0.2, -0.15) is 0 Å². The number of methoxy groups -OCH3 is 1. The fourth-order valence-corrected chi connectivity index (χ4v) is 0.970. The molecule has 1 aliphatic carbocycles. The Bertz CT molecular complexity index is 234. The third-order valence-electron chi connectivity index (χ3n) is 1.63. The summed E-state index contributed by atoms with van der Waals surface area (Å²) in [4.78, 5) is 0. The largest absolute Gasteiger partial charge is 0.504 e. The lowest BCUT2D eigenvalue weighted by molar-refractivity contribution is 0.254. The molecular weight excluding hydrogens is 140 g/mol. The van der Waals surface area contributed by atoms with E-state index in [0.29, 0.717) is 5.76 Å². The molecule has 2 nitrogen and oxygen atoms in total. The van der Waals surface area contributed by atoms with Crippen molar-refractivity contribution < 1.29 is 9.84 Å². The van der Waals surface area contributed by atoms with Gasteiger partial charge in [0.25, 0.3) is 0 Å². The van der Waals surface area contributed by atoms with Gasteiger partial charge in [0.05, 0.1) is 7.11 Å². The van der Waals surface area contributed by atoms with E-state index in [1.807, 2.05) is 25.2 Å². The molecule has 0 unspecified atom stereocenters. The first-order valence-corrected chi connectivity index (χ1v) is 3.56. The Morgan fingerprint density at radius 2 is 2.27 bits per heavy atom. The van der Waals surface area contributed by atoms with Crippen LogP contribution in [0.5, 0.6) is 0 Å². The molecule has 0 atom stereocenters. The van der Waals surface area contributed by atoms with Gasteiger partial charge in [-0.05, 0) is 25.0 Å². The number of aliphatic hydroxyl groups is 1. The van der Waals surface area contributed by atoms with Crippen LogP contribution in [-0.4, -0.2) is 12.2 Å². The van der Waals surface area contributed by atoms with Crippen LogP contribution in [-0.2, 0) is 4.74 Å². The first-order valence-electron chi connectivity index (χ1n) is 3.56. The zero-order chi connectivity index (χ0) is 8.27. The van der Waals surface area contributed by atoms with Gasteiger partial charge < -0.3 is 9.84 Å². The van der Waals surface area contributed by atoms with Crippen LogP contribution in [0, 0.1) is 0 Å². The highest BCUT2D eigenvalue weighted by Crippen LogP contribution is 2.17. The zero-order valence-corrected chi connectivity index (χ0v) is 6.79. The van der Waals surface area contributed by atoms with Gasteiger partial charge in [0.1, 0.15) is 0 Å². The number of hydrogen-bond acceptors (Lipinski definition) is 2. The maximum atomic E-state index is 9.45. The van der Waals surface area contributed by atoms with Crippen molar-refractivity contribution in [3.63, 3.8) is 0 Å². The summed E-state index contributed by atoms with van der Waals surface area (Å²) in [6, 6.07) is 0. The van der Waals surface area contributed by atoms with Crippen LogP contribution < -0.4 is 0 Å². The molecule has 0 saturated carbocycles. The minimum Gasteiger partial charge on any atom is -0.504 e. The molecule has 0 amide bonds. The predicted molar refractivity (Wildman–Crippen MR) is 44.2 cm³/mol. The van der Waals surface area contributed by atoms with Gasteiger partial charge in [0, 0.05) is 0 Å². The van der Waals surface area contributed by atoms with E-state index < -0.39 is 0 Å². The highest BCUT2D eigenvalue weighted by Gasteiger charge is 2.06. The van der Waals surface area contributed by atoms with Crippen LogP contribution in [0.25, 0.3) is 0 Å². The third kappa shape index (κ3) is 1.64. The molecule has 0 heterocycles. The first kappa shape index (κ1) is 7.92. The molecule has 0 spiro atoms. The standard InChI is InChI=1S/C9H12O2/c1-7-5-3-4-6-8(11-2)9(7)10/h3,5-6,10H,4H2,1-2H3. The molecule has 0 aromatic rings. The molecule has 0 aromatic heterocycles. The van der Waals surface area contributed by atoms with E-state index in [1.54, 1.807) is 7.11 Å². The summed E-state index contributed by atoms with van der Waals surface area (Å²) in [6.45, 7) is 1.85. The van der Waals surface area contributed by atoms with E-state index in [2.05, 4.69) is 0 Å². The Balaban J connectivity index is 2.98. The Kier molecular flexibility index (Phi) is 2.36. The fourth-order valence-electron chi connectivity index (χ4n) is 0.970. The molecule has 60 valence electrons. The van der Waals surface area contributed by atoms with E-state index in [1.165, 1.54) is 0 Å². The number of allylic oxidation sites excluding steroid dienone is 4. The number of ether oxygens (including phenoxy) is 1. The van der Waals surface area contributed by atoms with E-state index >= 15 is 0 Å². The average molecular weight is 152 g/mol. The average Bonchev–Trinajstić information content (AvgIpc) is 2.16. The monoisotopic (exact) mass is 152 g/mol. The first-order chi connectivity index (χ1) is 5.25. The number of aliphatic hydroxyl groups excluding tert-OH is 1. The highest BCUT2D eigenvalue weighted by atomic mass is 16.5. The summed E-state index contributed by atoms with van der Waals surface area (Å²) in [7, 11) is 1.56. The van der Waals surface area contributed by atoms with Crippen molar-refractivity contribution in [2.45, 2.75) is 13.3 Å². The van der Waals surface area contributed by atoms with Gasteiger partial charge in [-0.3, -0.25) is 0 Å². The van der Waals surface area contributed by atoms with Crippen molar-refractivity contribution >= 4 is 0 Å². The summed E-state index contributed by atoms with van der Waals surface area (Å²) in [6.07, 6.45) is 6.53. The summed E-state index contributed by atoms with van der Waals surface area (Å²) in [5.74, 6) is 0.800. The molecule has 0 radical (unpaired) electrons. The lowest BCUT2D eigenvalue weighted by atomic mass is 10.2. The van der Waals surface area contributed by atoms with Crippen molar-refractivity contribution in [2.24, 2.45) is 0 Å². The molecule has 11 heavy (non-hydrogen) atoms. The topological polar surface area (TPSA) is 29.5 Å². The SMILES string of the molecule is COC1=CCC=CC(C)=C1O. The molecule has 0 saturated heterocycles. The molecule has 1 rings (SSSR count). The Morgan fingerprint density at radius 1 is 1.55 bits per heavy atom. The predicted octanol–water partition coefficient (Wildman–Crippen LogP) is 2.31. The molecular formula is C9H12O2. The normalized spacial score (nSPS) is 17.8. The van der Waals surface area contributed by atoms with E-state index in [0.717, 1.165) is 12.0 Å². The van der Waals surface area contributed by atoms with Crippen molar-refractivity contribution in [1.29, 1.82) is 0 Å². The smallest absolute Gasteiger partial charge is 0.160 e. The molecule has 1 N–H and O–H groups in total. The maximum absolute atomic E-state index is 9.45. The second-order valence-electron chi connectivity index (χ2n) is 2.44. The Labute approximate surface area is 66.5 Å². The van der Waals surface area contributed by atoms with E-state index in [4.69, 9.17) is 4.74 Å². The molecule has 0 aromatic carbocycles. The summed E-state index contributed by atoms with van der Waals surface area (Å²) >= 11 is 0. The summed E-state index contributed by atoms with van der Waals surface area (Å²) in [5, 5.41) is 9.45. The lowest BCUT2D eigenvalue weighted by Gasteiger charge is -2.04. The summed E-state index contributed by atoms with van der Waals surface area (Å²) < 4.78 is 4.97. The second kappa shape index (κ2) is 3.28. The quantitative estimate of drug-likeness (QED) is 0.624. The summed E-state index contributed by atoms with van der Waals surface area (Å²) in [5.41, 5.74) is 0.843. The zero-order valence-electron chi connectivity index (χ0n) is 6.79. The van der Waals surface area contributed by atoms with E-state index in [9.17, 15) is 5.11 Å². The lowest BCUT2D eigenvalue weighted by Crippen LogP contribution is -1.92. The van der Waals surface area contributed by atoms with Crippen LogP contribution in [0.15, 0.2) is 35.3 Å². The van der Waals surface area contributed by atoms with Gasteiger partial charge in [0.15, 0.2) is 11.5 Å². The van der Waals surface area contributed by atoms with Crippen molar-refractivity contribution in [3.05, 3.63) is 35.3 Å². The van der Waals surface area contributed by atoms with Gasteiger partial charge in [-0.15, -0.1) is 0 Å². The van der Waals surface area contributed by atoms with Gasteiger partial charge in [0.2, 0.25) is 0 Å². The fraction of sp³-hybridized carbons (Fsp3) is 0.333. The second-order valence-corrected chi connectivity index (χ2v) is 2.44. The molecule has 0 fully saturated rings. The van der Waals surface area contributed by atoms with Gasteiger partial charge in [-0.25, -0.2) is 0 Å². The van der Waals surface area contributed by atoms with Crippen LogP contribution in [0.2, 0.25) is 0 Å². The van der Waals surface area contributed by atoms with Gasteiger partial charge >= 0.3 is 0 Å². The third-order valence-corrected chi connectivity index (χ3v) is 1.63. The van der Waals surface area contributed by atoms with Gasteiger partial charge in [-0.1, -0.05) is 12.2 Å². The molecule has 2 heteroatoms. The Hall–Kier alpha value is -1.18. The minimum absolute atomic E-state index is 0.237. The van der Waals surface area contributed by atoms with Crippen LogP contribution in [0.4, 0.5) is 0 Å². The maximum Gasteiger partial charge on any atom is 0.160 e. The number of hydrogen-bond donors (Lipinski definition) is 1. The molecule has 0 aliphatic heterocycles. The van der Waals surface area contributed by atoms with Crippen LogP contribution >= 0.6 is 0 Å². The van der Waals surface area contributed by atoms with E-state index in [-0.39, 0.29) is 5.76 Å². The Morgan fingerprint density at radius 3 is 2.91 bits per heavy atom. The molecule has 0 bridgehead atoms. The number of rotatable bonds is 1. The van der Waals surface area contributed by atoms with Crippen molar-refractivity contribution in [3.8, 4) is 0 Å². The highest BCUT2D eigenvalue weighted by molar-refractivity contribution is 5.33.